The number of anilines is 1. The number of carbonyl (C=O) groups is 1. The standard InChI is InChI=1S/C25H23N3O2S/c1-25(2,3)17-14-12-16(13-15-17)22(29)28-24(31)27-19-9-5-4-8-18(19)23-26-20-10-6-7-11-21(20)30-23/h4-15H,1-3H3,(H2,27,28,29,31). The molecular weight excluding hydrogens is 406 g/mol. The van der Waals surface area contributed by atoms with Gasteiger partial charge in [-0.3, -0.25) is 10.1 Å². The Morgan fingerprint density at radius 1 is 0.935 bits per heavy atom. The summed E-state index contributed by atoms with van der Waals surface area (Å²) in [7, 11) is 0. The number of nitrogens with one attached hydrogen (secondary N) is 2. The first-order valence-corrected chi connectivity index (χ1v) is 10.4. The molecule has 0 aliphatic rings. The predicted molar refractivity (Wildman–Crippen MR) is 128 cm³/mol. The number of thiocarbonyl (C=S) groups is 1. The van der Waals surface area contributed by atoms with Gasteiger partial charge < -0.3 is 9.73 Å². The average molecular weight is 430 g/mol. The molecule has 0 unspecified atom stereocenters. The monoisotopic (exact) mass is 429 g/mol. The molecule has 0 aliphatic carbocycles. The maximum atomic E-state index is 12.6. The SMILES string of the molecule is CC(C)(C)c1ccc(C(=O)NC(=S)Nc2ccccc2-c2nc3ccccc3o2)cc1. The van der Waals surface area contributed by atoms with Crippen LogP contribution >= 0.6 is 12.2 Å². The summed E-state index contributed by atoms with van der Waals surface area (Å²) in [4.78, 5) is 17.2. The largest absolute Gasteiger partial charge is 0.436 e. The lowest BCUT2D eigenvalue weighted by atomic mass is 9.87. The van der Waals surface area contributed by atoms with Crippen molar-refractivity contribution in [2.75, 3.05) is 5.32 Å². The minimum atomic E-state index is -0.266. The molecule has 4 aromatic rings. The van der Waals surface area contributed by atoms with E-state index >= 15 is 0 Å². The first-order valence-electron chi connectivity index (χ1n) is 9.99. The highest BCUT2D eigenvalue weighted by atomic mass is 32.1. The van der Waals surface area contributed by atoms with Crippen LogP contribution in [0.4, 0.5) is 5.69 Å². The van der Waals surface area contributed by atoms with Crippen molar-refractivity contribution in [3.8, 4) is 11.5 Å². The van der Waals surface area contributed by atoms with E-state index in [0.717, 1.165) is 16.6 Å². The number of hydrogen-bond donors (Lipinski definition) is 2. The Balaban J connectivity index is 1.50. The zero-order valence-electron chi connectivity index (χ0n) is 17.6. The number of carbonyl (C=O) groups excluding carboxylic acids is 1. The van der Waals surface area contributed by atoms with Gasteiger partial charge in [0, 0.05) is 5.56 Å². The third kappa shape index (κ3) is 4.64. The van der Waals surface area contributed by atoms with Gasteiger partial charge in [-0.15, -0.1) is 0 Å². The molecule has 0 bridgehead atoms. The van der Waals surface area contributed by atoms with Gasteiger partial charge in [-0.1, -0.05) is 57.2 Å². The van der Waals surface area contributed by atoms with Crippen molar-refractivity contribution in [2.45, 2.75) is 26.2 Å². The van der Waals surface area contributed by atoms with E-state index in [9.17, 15) is 4.79 Å². The van der Waals surface area contributed by atoms with Crippen molar-refractivity contribution in [1.82, 2.24) is 10.3 Å². The van der Waals surface area contributed by atoms with E-state index in [1.807, 2.05) is 72.8 Å². The van der Waals surface area contributed by atoms with Gasteiger partial charge in [0.2, 0.25) is 5.89 Å². The Morgan fingerprint density at radius 2 is 1.61 bits per heavy atom. The van der Waals surface area contributed by atoms with Crippen LogP contribution in [-0.4, -0.2) is 16.0 Å². The second kappa shape index (κ2) is 8.32. The number of rotatable bonds is 3. The molecule has 0 radical (unpaired) electrons. The summed E-state index contributed by atoms with van der Waals surface area (Å²) in [6, 6.07) is 22.7. The van der Waals surface area contributed by atoms with E-state index in [0.29, 0.717) is 22.7 Å². The Hall–Kier alpha value is -3.51. The topological polar surface area (TPSA) is 67.2 Å². The summed E-state index contributed by atoms with van der Waals surface area (Å²) in [5, 5.41) is 6.03. The third-order valence-electron chi connectivity index (χ3n) is 4.94. The van der Waals surface area contributed by atoms with E-state index < -0.39 is 0 Å². The molecule has 1 heterocycles. The molecule has 3 aromatic carbocycles. The zero-order chi connectivity index (χ0) is 22.0. The molecule has 0 saturated heterocycles. The smallest absolute Gasteiger partial charge is 0.257 e. The molecule has 31 heavy (non-hydrogen) atoms. The van der Waals surface area contributed by atoms with Crippen molar-refractivity contribution < 1.29 is 9.21 Å². The Labute approximate surface area is 186 Å². The van der Waals surface area contributed by atoms with E-state index in [4.69, 9.17) is 16.6 Å². The number of nitrogens with zero attached hydrogens (tertiary/aromatic N) is 1. The maximum absolute atomic E-state index is 12.6. The van der Waals surface area contributed by atoms with Gasteiger partial charge in [-0.2, -0.15) is 0 Å². The number of oxazole rings is 1. The van der Waals surface area contributed by atoms with Gasteiger partial charge in [0.15, 0.2) is 10.7 Å². The Bertz CT molecular complexity index is 1220. The van der Waals surface area contributed by atoms with Crippen molar-refractivity contribution in [3.05, 3.63) is 83.9 Å². The van der Waals surface area contributed by atoms with Crippen molar-refractivity contribution >= 4 is 40.0 Å². The lowest BCUT2D eigenvalue weighted by Gasteiger charge is -2.19. The number of amides is 1. The van der Waals surface area contributed by atoms with Crippen molar-refractivity contribution in [2.24, 2.45) is 0 Å². The number of benzene rings is 3. The van der Waals surface area contributed by atoms with Gasteiger partial charge in [0.05, 0.1) is 11.3 Å². The summed E-state index contributed by atoms with van der Waals surface area (Å²) in [5.74, 6) is 0.216. The minimum Gasteiger partial charge on any atom is -0.436 e. The van der Waals surface area contributed by atoms with Gasteiger partial charge in [0.25, 0.3) is 5.91 Å². The van der Waals surface area contributed by atoms with Crippen LogP contribution in [0.3, 0.4) is 0 Å². The first-order chi connectivity index (χ1) is 14.8. The molecule has 2 N–H and O–H groups in total. The molecule has 0 spiro atoms. The number of aromatic nitrogens is 1. The van der Waals surface area contributed by atoms with Gasteiger partial charge in [-0.05, 0) is 59.6 Å². The summed E-state index contributed by atoms with van der Waals surface area (Å²) in [6.45, 7) is 6.40. The minimum absolute atomic E-state index is 0.0280. The lowest BCUT2D eigenvalue weighted by Crippen LogP contribution is -2.34. The highest BCUT2D eigenvalue weighted by Crippen LogP contribution is 2.30. The van der Waals surface area contributed by atoms with Crippen LogP contribution in [0.2, 0.25) is 0 Å². The quantitative estimate of drug-likeness (QED) is 0.396. The molecule has 0 aliphatic heterocycles. The number of hydrogen-bond acceptors (Lipinski definition) is 4. The molecule has 0 atom stereocenters. The molecule has 156 valence electrons. The van der Waals surface area contributed by atoms with Gasteiger partial charge >= 0.3 is 0 Å². The number of fused-ring (bicyclic) bond motifs is 1. The van der Waals surface area contributed by atoms with Crippen LogP contribution < -0.4 is 10.6 Å². The van der Waals surface area contributed by atoms with E-state index in [-0.39, 0.29) is 16.4 Å². The molecule has 1 aromatic heterocycles. The van der Waals surface area contributed by atoms with Crippen LogP contribution in [0.5, 0.6) is 0 Å². The first kappa shape index (κ1) is 20.8. The van der Waals surface area contributed by atoms with Crippen LogP contribution in [-0.2, 0) is 5.41 Å². The molecule has 6 heteroatoms. The average Bonchev–Trinajstić information content (AvgIpc) is 3.17. The van der Waals surface area contributed by atoms with Crippen molar-refractivity contribution in [1.29, 1.82) is 0 Å². The van der Waals surface area contributed by atoms with E-state index in [1.165, 1.54) is 0 Å². The summed E-state index contributed by atoms with van der Waals surface area (Å²) >= 11 is 5.38. The second-order valence-electron chi connectivity index (χ2n) is 8.27. The molecule has 0 fully saturated rings. The molecule has 0 saturated carbocycles. The van der Waals surface area contributed by atoms with Crippen LogP contribution in [0.15, 0.2) is 77.2 Å². The van der Waals surface area contributed by atoms with Crippen LogP contribution in [0.1, 0.15) is 36.7 Å². The second-order valence-corrected chi connectivity index (χ2v) is 8.68. The normalized spacial score (nSPS) is 11.3. The van der Waals surface area contributed by atoms with Gasteiger partial charge in [-0.25, -0.2) is 4.98 Å². The fourth-order valence-corrected chi connectivity index (χ4v) is 3.42. The van der Waals surface area contributed by atoms with Crippen molar-refractivity contribution in [3.63, 3.8) is 0 Å². The van der Waals surface area contributed by atoms with Gasteiger partial charge in [0.1, 0.15) is 5.52 Å². The third-order valence-corrected chi connectivity index (χ3v) is 5.14. The molecule has 4 rings (SSSR count). The fraction of sp³-hybridized carbons (Fsp3) is 0.160. The Morgan fingerprint density at radius 3 is 2.32 bits per heavy atom. The summed E-state index contributed by atoms with van der Waals surface area (Å²) in [5.41, 5.74) is 4.68. The molecule has 1 amide bonds. The van der Waals surface area contributed by atoms with Crippen LogP contribution in [0, 0.1) is 0 Å². The Kier molecular flexibility index (Phi) is 5.57. The van der Waals surface area contributed by atoms with E-state index in [2.05, 4.69) is 36.4 Å². The lowest BCUT2D eigenvalue weighted by molar-refractivity contribution is 0.0977. The number of para-hydroxylation sites is 3. The predicted octanol–water partition coefficient (Wildman–Crippen LogP) is 5.92. The van der Waals surface area contributed by atoms with Crippen LogP contribution in [0.25, 0.3) is 22.6 Å². The fourth-order valence-electron chi connectivity index (χ4n) is 3.22. The molecule has 5 nitrogen and oxygen atoms in total. The van der Waals surface area contributed by atoms with E-state index in [1.54, 1.807) is 0 Å². The maximum Gasteiger partial charge on any atom is 0.257 e. The highest BCUT2D eigenvalue weighted by molar-refractivity contribution is 7.80. The highest BCUT2D eigenvalue weighted by Gasteiger charge is 2.16. The summed E-state index contributed by atoms with van der Waals surface area (Å²) in [6.07, 6.45) is 0. The summed E-state index contributed by atoms with van der Waals surface area (Å²) < 4.78 is 5.88. The zero-order valence-corrected chi connectivity index (χ0v) is 18.4. The molecular formula is C25H23N3O2S.